The summed E-state index contributed by atoms with van der Waals surface area (Å²) in [4.78, 5) is 13.0. The Balaban J connectivity index is 1.92. The van der Waals surface area contributed by atoms with Crippen LogP contribution < -0.4 is 0 Å². The first-order chi connectivity index (χ1) is 12.5. The lowest BCUT2D eigenvalue weighted by molar-refractivity contribution is -0.0765. The lowest BCUT2D eigenvalue weighted by Gasteiger charge is -2.31. The van der Waals surface area contributed by atoms with E-state index in [2.05, 4.69) is 12.0 Å². The van der Waals surface area contributed by atoms with Crippen LogP contribution in [0.2, 0.25) is 5.02 Å². The molecule has 0 radical (unpaired) electrons. The summed E-state index contributed by atoms with van der Waals surface area (Å²) >= 11 is 5.92. The van der Waals surface area contributed by atoms with E-state index in [4.69, 9.17) is 11.6 Å². The minimum atomic E-state index is -1.46. The van der Waals surface area contributed by atoms with Gasteiger partial charge in [-0.2, -0.15) is 10.1 Å². The fourth-order valence-electron chi connectivity index (χ4n) is 3.19. The molecule has 1 N–H and O–H groups in total. The van der Waals surface area contributed by atoms with Gasteiger partial charge >= 0.3 is 0 Å². The number of benzene rings is 2. The van der Waals surface area contributed by atoms with Gasteiger partial charge in [-0.15, -0.1) is 0 Å². The highest BCUT2D eigenvalue weighted by molar-refractivity contribution is 6.30. The zero-order chi connectivity index (χ0) is 18.6. The second kappa shape index (κ2) is 8.02. The van der Waals surface area contributed by atoms with Crippen molar-refractivity contribution in [3.63, 3.8) is 0 Å². The number of rotatable bonds is 6. The molecule has 3 rings (SSSR count). The number of hydrazone groups is 1. The van der Waals surface area contributed by atoms with E-state index < -0.39 is 5.72 Å². The van der Waals surface area contributed by atoms with E-state index in [0.29, 0.717) is 22.6 Å². The predicted octanol–water partition coefficient (Wildman–Crippen LogP) is 4.97. The third-order valence-electron chi connectivity index (χ3n) is 4.63. The Morgan fingerprint density at radius 1 is 1.15 bits per heavy atom. The number of amides is 1. The highest BCUT2D eigenvalue weighted by atomic mass is 35.5. The van der Waals surface area contributed by atoms with Crippen LogP contribution in [0.15, 0.2) is 59.7 Å². The van der Waals surface area contributed by atoms with Crippen LogP contribution in [-0.4, -0.2) is 21.7 Å². The molecule has 1 unspecified atom stereocenters. The van der Waals surface area contributed by atoms with E-state index in [1.54, 1.807) is 24.3 Å². The van der Waals surface area contributed by atoms with Gasteiger partial charge in [0.25, 0.3) is 5.91 Å². The molecule has 136 valence electrons. The maximum atomic E-state index is 13.0. The second-order valence-corrected chi connectivity index (χ2v) is 7.04. The van der Waals surface area contributed by atoms with E-state index in [0.717, 1.165) is 31.4 Å². The summed E-state index contributed by atoms with van der Waals surface area (Å²) in [7, 11) is 0. The number of carbonyl (C=O) groups excluding carboxylic acids is 1. The average Bonchev–Trinajstić information content (AvgIpc) is 3.00. The number of nitrogens with zero attached hydrogens (tertiary/aromatic N) is 2. The third-order valence-corrected chi connectivity index (χ3v) is 4.88. The number of hydrogen-bond acceptors (Lipinski definition) is 3. The Bertz CT molecular complexity index is 789. The van der Waals surface area contributed by atoms with E-state index in [1.807, 2.05) is 30.3 Å². The Kier molecular flexibility index (Phi) is 5.74. The third kappa shape index (κ3) is 3.81. The van der Waals surface area contributed by atoms with Crippen LogP contribution in [0.5, 0.6) is 0 Å². The zero-order valence-electron chi connectivity index (χ0n) is 14.9. The summed E-state index contributed by atoms with van der Waals surface area (Å²) in [5, 5.41) is 17.7. The highest BCUT2D eigenvalue weighted by Gasteiger charge is 2.45. The molecule has 0 aromatic heterocycles. The van der Waals surface area contributed by atoms with E-state index in [1.165, 1.54) is 5.01 Å². The molecule has 2 aromatic carbocycles. The second-order valence-electron chi connectivity index (χ2n) is 6.61. The van der Waals surface area contributed by atoms with Crippen LogP contribution in [0.4, 0.5) is 0 Å². The molecule has 0 aliphatic carbocycles. The van der Waals surface area contributed by atoms with Gasteiger partial charge < -0.3 is 5.11 Å². The van der Waals surface area contributed by atoms with Crippen molar-refractivity contribution in [1.29, 1.82) is 0 Å². The highest BCUT2D eigenvalue weighted by Crippen LogP contribution is 2.37. The number of halogens is 1. The molecule has 4 nitrogen and oxygen atoms in total. The quantitative estimate of drug-likeness (QED) is 0.730. The zero-order valence-corrected chi connectivity index (χ0v) is 15.6. The molecule has 1 heterocycles. The van der Waals surface area contributed by atoms with Crippen molar-refractivity contribution in [2.45, 2.75) is 44.8 Å². The number of unbranched alkanes of at least 4 members (excludes halogenated alkanes) is 2. The van der Waals surface area contributed by atoms with Gasteiger partial charge in [-0.25, -0.2) is 0 Å². The van der Waals surface area contributed by atoms with Crippen molar-refractivity contribution in [2.75, 3.05) is 0 Å². The van der Waals surface area contributed by atoms with E-state index in [-0.39, 0.29) is 5.91 Å². The largest absolute Gasteiger partial charge is 0.365 e. The fourth-order valence-corrected chi connectivity index (χ4v) is 3.32. The SMILES string of the molecule is CCCCCC1=NN(C(=O)c2ccc(Cl)cc2)C(O)(c2ccccc2)C1. The van der Waals surface area contributed by atoms with Gasteiger partial charge in [0, 0.05) is 28.3 Å². The molecule has 0 fully saturated rings. The van der Waals surface area contributed by atoms with Crippen LogP contribution in [-0.2, 0) is 5.72 Å². The fraction of sp³-hybridized carbons (Fsp3) is 0.333. The Hall–Kier alpha value is -2.17. The molecule has 1 aliphatic rings. The summed E-state index contributed by atoms with van der Waals surface area (Å²) in [6.07, 6.45) is 4.34. The Morgan fingerprint density at radius 3 is 2.50 bits per heavy atom. The van der Waals surface area contributed by atoms with Gasteiger partial charge in [0.15, 0.2) is 5.72 Å². The lowest BCUT2D eigenvalue weighted by atomic mass is 9.95. The molecule has 26 heavy (non-hydrogen) atoms. The van der Waals surface area contributed by atoms with Gasteiger partial charge in [0.05, 0.1) is 0 Å². The Labute approximate surface area is 159 Å². The summed E-state index contributed by atoms with van der Waals surface area (Å²) in [5.74, 6) is -0.335. The van der Waals surface area contributed by atoms with Crippen LogP contribution in [0.1, 0.15) is 54.9 Å². The molecule has 0 spiro atoms. The lowest BCUT2D eigenvalue weighted by Crippen LogP contribution is -2.43. The molecule has 5 heteroatoms. The smallest absolute Gasteiger partial charge is 0.276 e. The maximum Gasteiger partial charge on any atom is 0.276 e. The first-order valence-electron chi connectivity index (χ1n) is 8.99. The molecular weight excluding hydrogens is 348 g/mol. The summed E-state index contributed by atoms with van der Waals surface area (Å²) in [6, 6.07) is 15.9. The molecule has 0 saturated carbocycles. The number of aliphatic hydroxyl groups is 1. The Morgan fingerprint density at radius 2 is 1.85 bits per heavy atom. The van der Waals surface area contributed by atoms with Gasteiger partial charge in [0.1, 0.15) is 0 Å². The average molecular weight is 371 g/mol. The van der Waals surface area contributed by atoms with Crippen LogP contribution in [0.25, 0.3) is 0 Å². The molecule has 1 amide bonds. The number of hydrogen-bond donors (Lipinski definition) is 1. The van der Waals surface area contributed by atoms with Crippen molar-refractivity contribution < 1.29 is 9.90 Å². The summed E-state index contributed by atoms with van der Waals surface area (Å²) in [5.41, 5.74) is 0.505. The minimum Gasteiger partial charge on any atom is -0.365 e. The number of carbonyl (C=O) groups is 1. The topological polar surface area (TPSA) is 52.9 Å². The van der Waals surface area contributed by atoms with Crippen molar-refractivity contribution in [3.05, 3.63) is 70.7 Å². The van der Waals surface area contributed by atoms with Crippen LogP contribution >= 0.6 is 11.6 Å². The molecule has 1 atom stereocenters. The summed E-state index contributed by atoms with van der Waals surface area (Å²) < 4.78 is 0. The van der Waals surface area contributed by atoms with E-state index >= 15 is 0 Å². The van der Waals surface area contributed by atoms with Crippen molar-refractivity contribution >= 4 is 23.2 Å². The van der Waals surface area contributed by atoms with Crippen molar-refractivity contribution in [3.8, 4) is 0 Å². The first-order valence-corrected chi connectivity index (χ1v) is 9.37. The van der Waals surface area contributed by atoms with Crippen molar-refractivity contribution in [2.24, 2.45) is 5.10 Å². The first kappa shape index (κ1) is 18.6. The van der Waals surface area contributed by atoms with Crippen LogP contribution in [0.3, 0.4) is 0 Å². The normalized spacial score (nSPS) is 19.5. The minimum absolute atomic E-state index is 0.333. The predicted molar refractivity (Wildman–Crippen MR) is 104 cm³/mol. The van der Waals surface area contributed by atoms with Gasteiger partial charge in [0.2, 0.25) is 0 Å². The van der Waals surface area contributed by atoms with Gasteiger partial charge in [-0.1, -0.05) is 61.7 Å². The molecule has 0 saturated heterocycles. The molecule has 2 aromatic rings. The maximum absolute atomic E-state index is 13.0. The van der Waals surface area contributed by atoms with Gasteiger partial charge in [-0.3, -0.25) is 4.79 Å². The van der Waals surface area contributed by atoms with E-state index in [9.17, 15) is 9.90 Å². The molecular formula is C21H23ClN2O2. The molecule has 0 bridgehead atoms. The molecule has 1 aliphatic heterocycles. The van der Waals surface area contributed by atoms with Crippen LogP contribution in [0, 0.1) is 0 Å². The monoisotopic (exact) mass is 370 g/mol. The van der Waals surface area contributed by atoms with Gasteiger partial charge in [-0.05, 0) is 37.1 Å². The standard InChI is InChI=1S/C21H23ClN2O2/c1-2-3-5-10-19-15-21(26,17-8-6-4-7-9-17)24(23-19)20(25)16-11-13-18(22)14-12-16/h4,6-9,11-14,26H,2-3,5,10,15H2,1H3. The van der Waals surface area contributed by atoms with Crippen molar-refractivity contribution in [1.82, 2.24) is 5.01 Å². The summed E-state index contributed by atoms with van der Waals surface area (Å²) in [6.45, 7) is 2.15.